The van der Waals surface area contributed by atoms with E-state index in [1.807, 2.05) is 59.7 Å². The zero-order chi connectivity index (χ0) is 18.8. The molecule has 0 radical (unpaired) electrons. The van der Waals surface area contributed by atoms with Gasteiger partial charge in [-0.25, -0.2) is 4.98 Å². The molecule has 1 aliphatic heterocycles. The summed E-state index contributed by atoms with van der Waals surface area (Å²) < 4.78 is 7.47. The summed E-state index contributed by atoms with van der Waals surface area (Å²) in [6.07, 6.45) is 0. The van der Waals surface area contributed by atoms with E-state index < -0.39 is 0 Å². The van der Waals surface area contributed by atoms with Gasteiger partial charge in [0.05, 0.1) is 5.69 Å². The molecule has 0 spiro atoms. The van der Waals surface area contributed by atoms with Gasteiger partial charge in [-0.2, -0.15) is 9.61 Å². The van der Waals surface area contributed by atoms with E-state index in [0.717, 1.165) is 35.9 Å². The number of hydrogen-bond acceptors (Lipinski definition) is 5. The Labute approximate surface area is 158 Å². The summed E-state index contributed by atoms with van der Waals surface area (Å²) in [4.78, 5) is 21.1. The van der Waals surface area contributed by atoms with Crippen LogP contribution in [-0.2, 0) is 4.79 Å². The van der Waals surface area contributed by atoms with Gasteiger partial charge in [0.2, 0.25) is 0 Å². The molecule has 7 nitrogen and oxygen atoms in total. The van der Waals surface area contributed by atoms with Crippen LogP contribution in [-0.4, -0.2) is 58.2 Å². The molecule has 4 rings (SSSR count). The van der Waals surface area contributed by atoms with Crippen LogP contribution in [0.15, 0.2) is 42.5 Å². The highest BCUT2D eigenvalue weighted by atomic mass is 16.5. The largest absolute Gasteiger partial charge is 0.484 e. The SMILES string of the molecule is Cc1cc(N2CCN(C(=O)COc3ccccc3)CC2)n2nc(C)cc2n1. The second kappa shape index (κ2) is 7.26. The van der Waals surface area contributed by atoms with Gasteiger partial charge in [0.25, 0.3) is 5.91 Å². The lowest BCUT2D eigenvalue weighted by molar-refractivity contribution is -0.133. The Morgan fingerprint density at radius 2 is 1.78 bits per heavy atom. The Hall–Kier alpha value is -3.09. The number of anilines is 1. The van der Waals surface area contributed by atoms with Crippen LogP contribution >= 0.6 is 0 Å². The lowest BCUT2D eigenvalue weighted by Crippen LogP contribution is -2.50. The van der Waals surface area contributed by atoms with Gasteiger partial charge in [-0.3, -0.25) is 4.79 Å². The van der Waals surface area contributed by atoms with Crippen molar-refractivity contribution < 1.29 is 9.53 Å². The van der Waals surface area contributed by atoms with E-state index in [4.69, 9.17) is 4.74 Å². The van der Waals surface area contributed by atoms with Crippen LogP contribution in [0.5, 0.6) is 5.75 Å². The molecule has 2 aromatic heterocycles. The first-order chi connectivity index (χ1) is 13.1. The monoisotopic (exact) mass is 365 g/mol. The van der Waals surface area contributed by atoms with Crippen molar-refractivity contribution in [3.8, 4) is 5.75 Å². The van der Waals surface area contributed by atoms with Crippen molar-refractivity contribution in [3.05, 3.63) is 53.9 Å². The molecule has 0 atom stereocenters. The number of para-hydroxylation sites is 1. The van der Waals surface area contributed by atoms with E-state index in [9.17, 15) is 4.79 Å². The van der Waals surface area contributed by atoms with E-state index in [0.29, 0.717) is 18.8 Å². The molecule has 140 valence electrons. The minimum absolute atomic E-state index is 0.0180. The van der Waals surface area contributed by atoms with Crippen molar-refractivity contribution in [2.24, 2.45) is 0 Å². The van der Waals surface area contributed by atoms with Gasteiger partial charge < -0.3 is 14.5 Å². The number of hydrogen-bond donors (Lipinski definition) is 0. The third-order valence-electron chi connectivity index (χ3n) is 4.72. The van der Waals surface area contributed by atoms with Crippen molar-refractivity contribution in [1.82, 2.24) is 19.5 Å². The third-order valence-corrected chi connectivity index (χ3v) is 4.72. The molecule has 0 saturated carbocycles. The zero-order valence-electron chi connectivity index (χ0n) is 15.6. The number of fused-ring (bicyclic) bond motifs is 1. The average Bonchev–Trinajstić information content (AvgIpc) is 3.06. The Balaban J connectivity index is 1.40. The second-order valence-electron chi connectivity index (χ2n) is 6.78. The predicted octanol–water partition coefficient (Wildman–Crippen LogP) is 2.07. The molecule has 0 N–H and O–H groups in total. The van der Waals surface area contributed by atoms with Gasteiger partial charge in [0, 0.05) is 44.0 Å². The lowest BCUT2D eigenvalue weighted by Gasteiger charge is -2.36. The minimum Gasteiger partial charge on any atom is -0.484 e. The molecule has 3 heterocycles. The summed E-state index contributed by atoms with van der Waals surface area (Å²) in [6, 6.07) is 13.5. The Morgan fingerprint density at radius 3 is 2.52 bits per heavy atom. The number of amides is 1. The zero-order valence-corrected chi connectivity index (χ0v) is 15.6. The first-order valence-corrected chi connectivity index (χ1v) is 9.15. The minimum atomic E-state index is 0.0180. The van der Waals surface area contributed by atoms with Crippen LogP contribution in [0.3, 0.4) is 0 Å². The molecule has 3 aromatic rings. The summed E-state index contributed by atoms with van der Waals surface area (Å²) in [7, 11) is 0. The molecule has 7 heteroatoms. The number of aryl methyl sites for hydroxylation is 2. The highest BCUT2D eigenvalue weighted by Gasteiger charge is 2.23. The first kappa shape index (κ1) is 17.3. The van der Waals surface area contributed by atoms with E-state index in [1.165, 1.54) is 0 Å². The normalized spacial score (nSPS) is 14.6. The van der Waals surface area contributed by atoms with Crippen molar-refractivity contribution in [3.63, 3.8) is 0 Å². The van der Waals surface area contributed by atoms with Gasteiger partial charge in [0.15, 0.2) is 12.3 Å². The number of carbonyl (C=O) groups excluding carboxylic acids is 1. The number of rotatable bonds is 4. The smallest absolute Gasteiger partial charge is 0.260 e. The predicted molar refractivity (Wildman–Crippen MR) is 103 cm³/mol. The number of piperazine rings is 1. The quantitative estimate of drug-likeness (QED) is 0.708. The highest BCUT2D eigenvalue weighted by Crippen LogP contribution is 2.20. The van der Waals surface area contributed by atoms with Gasteiger partial charge >= 0.3 is 0 Å². The van der Waals surface area contributed by atoms with E-state index in [-0.39, 0.29) is 12.5 Å². The number of aromatic nitrogens is 3. The van der Waals surface area contributed by atoms with Crippen molar-refractivity contribution in [1.29, 1.82) is 0 Å². The fraction of sp³-hybridized carbons (Fsp3) is 0.350. The molecule has 0 bridgehead atoms. The molecule has 0 unspecified atom stereocenters. The molecule has 27 heavy (non-hydrogen) atoms. The third kappa shape index (κ3) is 3.72. The number of benzene rings is 1. The maximum atomic E-state index is 12.4. The molecule has 1 saturated heterocycles. The highest BCUT2D eigenvalue weighted by molar-refractivity contribution is 5.78. The fourth-order valence-corrected chi connectivity index (χ4v) is 3.36. The van der Waals surface area contributed by atoms with Crippen molar-refractivity contribution >= 4 is 17.4 Å². The summed E-state index contributed by atoms with van der Waals surface area (Å²) in [5.41, 5.74) is 2.77. The van der Waals surface area contributed by atoms with E-state index >= 15 is 0 Å². The number of ether oxygens (including phenoxy) is 1. The van der Waals surface area contributed by atoms with Gasteiger partial charge in [-0.1, -0.05) is 18.2 Å². The van der Waals surface area contributed by atoms with Crippen LogP contribution in [0.1, 0.15) is 11.4 Å². The molecule has 0 aliphatic carbocycles. The summed E-state index contributed by atoms with van der Waals surface area (Å²) in [6.45, 7) is 6.88. The molecule has 1 aromatic carbocycles. The van der Waals surface area contributed by atoms with Crippen LogP contribution in [0, 0.1) is 13.8 Å². The Bertz CT molecular complexity index is 946. The van der Waals surface area contributed by atoms with Crippen LogP contribution < -0.4 is 9.64 Å². The van der Waals surface area contributed by atoms with Crippen molar-refractivity contribution in [2.45, 2.75) is 13.8 Å². The Kier molecular flexibility index (Phi) is 4.66. The molecular formula is C20H23N5O2. The summed E-state index contributed by atoms with van der Waals surface area (Å²) >= 11 is 0. The first-order valence-electron chi connectivity index (χ1n) is 9.15. The molecule has 1 aliphatic rings. The lowest BCUT2D eigenvalue weighted by atomic mass is 10.3. The number of carbonyl (C=O) groups is 1. The molecule has 1 amide bonds. The van der Waals surface area contributed by atoms with Gasteiger partial charge in [-0.05, 0) is 26.0 Å². The summed E-state index contributed by atoms with van der Waals surface area (Å²) in [5.74, 6) is 1.76. The van der Waals surface area contributed by atoms with Crippen LogP contribution in [0.4, 0.5) is 5.82 Å². The van der Waals surface area contributed by atoms with E-state index in [2.05, 4.69) is 21.0 Å². The van der Waals surface area contributed by atoms with Crippen molar-refractivity contribution in [2.75, 3.05) is 37.7 Å². The number of nitrogens with zero attached hydrogens (tertiary/aromatic N) is 5. The second-order valence-corrected chi connectivity index (χ2v) is 6.78. The van der Waals surface area contributed by atoms with Gasteiger partial charge in [-0.15, -0.1) is 0 Å². The molecular weight excluding hydrogens is 342 g/mol. The summed E-state index contributed by atoms with van der Waals surface area (Å²) in [5, 5.41) is 4.56. The standard InChI is InChI=1S/C20H23N5O2/c1-15-13-19(25-18(21-15)12-16(2)22-25)23-8-10-24(11-9-23)20(26)14-27-17-6-4-3-5-7-17/h3-7,12-13H,8-11,14H2,1-2H3. The Morgan fingerprint density at radius 1 is 1.04 bits per heavy atom. The van der Waals surface area contributed by atoms with Crippen LogP contribution in [0.2, 0.25) is 0 Å². The van der Waals surface area contributed by atoms with Gasteiger partial charge in [0.1, 0.15) is 11.6 Å². The van der Waals surface area contributed by atoms with Crippen LogP contribution in [0.25, 0.3) is 5.65 Å². The average molecular weight is 365 g/mol. The maximum absolute atomic E-state index is 12.4. The van der Waals surface area contributed by atoms with E-state index in [1.54, 1.807) is 0 Å². The molecule has 1 fully saturated rings. The maximum Gasteiger partial charge on any atom is 0.260 e. The topological polar surface area (TPSA) is 63.0 Å². The fourth-order valence-electron chi connectivity index (χ4n) is 3.36.